The molecule has 0 fully saturated rings. The molecular formula is C54H74N2. The van der Waals surface area contributed by atoms with Gasteiger partial charge in [0.2, 0.25) is 0 Å². The normalized spacial score (nSPS) is 12.6. The second-order valence-electron chi connectivity index (χ2n) is 11.1. The lowest BCUT2D eigenvalue weighted by atomic mass is 9.93. The minimum atomic E-state index is 1.00. The lowest BCUT2D eigenvalue weighted by Crippen LogP contribution is -2.21. The van der Waals surface area contributed by atoms with Crippen molar-refractivity contribution in [1.82, 2.24) is 0 Å². The summed E-state index contributed by atoms with van der Waals surface area (Å²) in [5.41, 5.74) is 6.57. The van der Waals surface area contributed by atoms with Gasteiger partial charge >= 0.3 is 0 Å². The molecule has 0 atom stereocenters. The fraction of sp³-hybridized carbons (Fsp3) is 0.296. The van der Waals surface area contributed by atoms with Crippen molar-refractivity contribution < 1.29 is 0 Å². The molecule has 0 aromatic heterocycles. The van der Waals surface area contributed by atoms with E-state index < -0.39 is 0 Å². The Bertz CT molecular complexity index is 2020. The van der Waals surface area contributed by atoms with Gasteiger partial charge in [0.1, 0.15) is 0 Å². The first-order valence-electron chi connectivity index (χ1n) is 21.2. The molecule has 0 bridgehead atoms. The van der Waals surface area contributed by atoms with Crippen LogP contribution in [0.1, 0.15) is 110 Å². The molecule has 0 saturated heterocycles. The molecule has 0 aliphatic heterocycles. The molecule has 0 unspecified atom stereocenters. The standard InChI is InChI=1S/C44H44N2.5C2H6/c1-7-13-24-34(12-6)45(33(11-5)21-8-2)43-31-41-38-28-18-20-30-40(38)44(32-42(41)37-27-17-19-29-39(37)43)46(35(22-9-3)23-10-4)36-25-15-14-16-26-36;5*1-2/h7-13,15,17-32H,3,6,14,16H2,1-2,4-5H3;5*1-2H3/b13-7-,21-8-,23-10-,33-11+,34-24+,35-22+;;;;;. The Balaban J connectivity index is 0.00000280. The second kappa shape index (κ2) is 29.9. The molecule has 0 spiro atoms. The zero-order valence-corrected chi connectivity index (χ0v) is 37.6. The first-order chi connectivity index (χ1) is 27.6. The summed E-state index contributed by atoms with van der Waals surface area (Å²) in [5.74, 6) is 0. The molecule has 0 heterocycles. The molecule has 1 aliphatic carbocycles. The molecule has 0 radical (unpaired) electrons. The Morgan fingerprint density at radius 1 is 0.554 bits per heavy atom. The molecule has 4 aromatic rings. The van der Waals surface area contributed by atoms with Crippen molar-refractivity contribution in [3.63, 3.8) is 0 Å². The topological polar surface area (TPSA) is 6.48 Å². The summed E-state index contributed by atoms with van der Waals surface area (Å²) in [4.78, 5) is 4.70. The number of benzene rings is 4. The SMILES string of the molecule is C=C/C=C(\C=C/C)N(C1=CCCC=C1)c1cc2c3ccccc3c(N(/C(C=C)=C/C=C\C)C(/C=C\C)=C/C)cc2c2ccccc12.CC.CC.CC.CC.CC. The summed E-state index contributed by atoms with van der Waals surface area (Å²) >= 11 is 0. The third-order valence-corrected chi connectivity index (χ3v) is 8.26. The molecular weight excluding hydrogens is 677 g/mol. The minimum absolute atomic E-state index is 1.00. The van der Waals surface area contributed by atoms with E-state index in [0.29, 0.717) is 0 Å². The van der Waals surface area contributed by atoms with E-state index in [4.69, 9.17) is 0 Å². The predicted octanol–water partition coefficient (Wildman–Crippen LogP) is 17.9. The summed E-state index contributed by atoms with van der Waals surface area (Å²) in [6.45, 7) is 36.5. The van der Waals surface area contributed by atoms with E-state index in [1.165, 1.54) is 38.0 Å². The van der Waals surface area contributed by atoms with Gasteiger partial charge in [-0.1, -0.05) is 180 Å². The van der Waals surface area contributed by atoms with Gasteiger partial charge in [-0.15, -0.1) is 0 Å². The van der Waals surface area contributed by atoms with E-state index in [0.717, 1.165) is 41.3 Å². The van der Waals surface area contributed by atoms with Gasteiger partial charge in [0, 0.05) is 33.6 Å². The molecule has 0 saturated carbocycles. The highest BCUT2D eigenvalue weighted by Gasteiger charge is 2.22. The van der Waals surface area contributed by atoms with Gasteiger partial charge in [0.05, 0.1) is 11.4 Å². The van der Waals surface area contributed by atoms with Crippen molar-refractivity contribution in [3.05, 3.63) is 182 Å². The summed E-state index contributed by atoms with van der Waals surface area (Å²) in [6.07, 6.45) is 31.7. The van der Waals surface area contributed by atoms with Crippen molar-refractivity contribution in [2.75, 3.05) is 9.80 Å². The molecule has 0 N–H and O–H groups in total. The Hall–Kier alpha value is -5.34. The van der Waals surface area contributed by atoms with Crippen molar-refractivity contribution >= 4 is 43.7 Å². The molecule has 2 heteroatoms. The molecule has 0 amide bonds. The third-order valence-electron chi connectivity index (χ3n) is 8.26. The van der Waals surface area contributed by atoms with E-state index in [-0.39, 0.29) is 0 Å². The predicted molar refractivity (Wildman–Crippen MR) is 262 cm³/mol. The van der Waals surface area contributed by atoms with Crippen LogP contribution in [0.25, 0.3) is 32.3 Å². The van der Waals surface area contributed by atoms with Crippen LogP contribution >= 0.6 is 0 Å². The summed E-state index contributed by atoms with van der Waals surface area (Å²) in [6, 6.07) is 22.3. The van der Waals surface area contributed by atoms with Crippen LogP contribution < -0.4 is 9.80 Å². The zero-order chi connectivity index (χ0) is 42.5. The molecule has 5 rings (SSSR count). The first kappa shape index (κ1) is 50.7. The van der Waals surface area contributed by atoms with Gasteiger partial charge in [0.15, 0.2) is 0 Å². The van der Waals surface area contributed by atoms with E-state index in [1.54, 1.807) is 0 Å². The van der Waals surface area contributed by atoms with Gasteiger partial charge in [-0.05, 0) is 111 Å². The molecule has 2 nitrogen and oxygen atoms in total. The Morgan fingerprint density at radius 3 is 1.50 bits per heavy atom. The highest BCUT2D eigenvalue weighted by atomic mass is 15.2. The van der Waals surface area contributed by atoms with Crippen molar-refractivity contribution in [2.45, 2.75) is 110 Å². The van der Waals surface area contributed by atoms with Crippen molar-refractivity contribution in [1.29, 1.82) is 0 Å². The molecule has 56 heavy (non-hydrogen) atoms. The fourth-order valence-corrected chi connectivity index (χ4v) is 6.30. The first-order valence-corrected chi connectivity index (χ1v) is 21.2. The number of hydrogen-bond acceptors (Lipinski definition) is 2. The van der Waals surface area contributed by atoms with Crippen LogP contribution in [0.2, 0.25) is 0 Å². The maximum atomic E-state index is 4.22. The Morgan fingerprint density at radius 2 is 1.05 bits per heavy atom. The summed E-state index contributed by atoms with van der Waals surface area (Å²) in [7, 11) is 0. The monoisotopic (exact) mass is 751 g/mol. The highest BCUT2D eigenvalue weighted by Crippen LogP contribution is 2.44. The average molecular weight is 751 g/mol. The van der Waals surface area contributed by atoms with E-state index >= 15 is 0 Å². The van der Waals surface area contributed by atoms with Gasteiger partial charge in [-0.2, -0.15) is 0 Å². The van der Waals surface area contributed by atoms with Crippen LogP contribution in [-0.4, -0.2) is 0 Å². The maximum Gasteiger partial charge on any atom is 0.0546 e. The molecule has 4 aromatic carbocycles. The average Bonchev–Trinajstić information content (AvgIpc) is 3.28. The fourth-order valence-electron chi connectivity index (χ4n) is 6.30. The number of allylic oxidation sites excluding steroid dienone is 14. The largest absolute Gasteiger partial charge is 0.310 e. The third kappa shape index (κ3) is 12.6. The van der Waals surface area contributed by atoms with Crippen molar-refractivity contribution in [2.24, 2.45) is 0 Å². The van der Waals surface area contributed by atoms with E-state index in [1.807, 2.05) is 94.4 Å². The van der Waals surface area contributed by atoms with Gasteiger partial charge in [0.25, 0.3) is 0 Å². The van der Waals surface area contributed by atoms with Gasteiger partial charge in [-0.3, -0.25) is 0 Å². The van der Waals surface area contributed by atoms with Crippen LogP contribution in [0.3, 0.4) is 0 Å². The maximum absolute atomic E-state index is 4.22. The Kier molecular flexibility index (Phi) is 27.1. The number of fused-ring (bicyclic) bond motifs is 5. The second-order valence-corrected chi connectivity index (χ2v) is 11.1. The van der Waals surface area contributed by atoms with Crippen LogP contribution in [-0.2, 0) is 0 Å². The van der Waals surface area contributed by atoms with E-state index in [9.17, 15) is 0 Å². The number of anilines is 2. The molecule has 1 aliphatic rings. The summed E-state index contributed by atoms with van der Waals surface area (Å²) < 4.78 is 0. The lowest BCUT2D eigenvalue weighted by molar-refractivity contribution is 0.988. The van der Waals surface area contributed by atoms with Crippen LogP contribution in [0.4, 0.5) is 11.4 Å². The number of rotatable bonds is 11. The van der Waals surface area contributed by atoms with E-state index in [2.05, 4.69) is 171 Å². The van der Waals surface area contributed by atoms with Crippen molar-refractivity contribution in [3.8, 4) is 0 Å². The smallest absolute Gasteiger partial charge is 0.0546 e. The zero-order valence-electron chi connectivity index (χ0n) is 37.6. The lowest BCUT2D eigenvalue weighted by Gasteiger charge is -2.31. The van der Waals surface area contributed by atoms with Crippen LogP contribution in [0, 0.1) is 0 Å². The minimum Gasteiger partial charge on any atom is -0.310 e. The Labute approximate surface area is 343 Å². The van der Waals surface area contributed by atoms with Gasteiger partial charge in [-0.25, -0.2) is 0 Å². The summed E-state index contributed by atoms with van der Waals surface area (Å²) in [5, 5.41) is 7.18. The number of nitrogens with zero attached hydrogens (tertiary/aromatic N) is 2. The quantitative estimate of drug-likeness (QED) is 0.111. The van der Waals surface area contributed by atoms with Gasteiger partial charge < -0.3 is 9.80 Å². The molecule has 300 valence electrons. The van der Waals surface area contributed by atoms with Crippen LogP contribution in [0.5, 0.6) is 0 Å². The van der Waals surface area contributed by atoms with Crippen LogP contribution in [0.15, 0.2) is 182 Å². The highest BCUT2D eigenvalue weighted by molar-refractivity contribution is 6.24. The number of hydrogen-bond donors (Lipinski definition) is 0.